The third-order valence-electron chi connectivity index (χ3n) is 4.83. The minimum absolute atomic E-state index is 0.0234. The Labute approximate surface area is 189 Å². The molecule has 6 nitrogen and oxygen atoms in total. The molecule has 4 rings (SSSR count). The molecule has 10 heteroatoms. The van der Waals surface area contributed by atoms with Gasteiger partial charge in [-0.1, -0.05) is 17.5 Å². The third kappa shape index (κ3) is 4.66. The molecule has 0 radical (unpaired) electrons. The van der Waals surface area contributed by atoms with Crippen LogP contribution in [0.4, 0.5) is 20.4 Å². The molecule has 1 N–H and O–H groups in total. The number of hydrogen-bond donors (Lipinski definition) is 1. The molecular formula is C22H17ClF2N4O2S. The Hall–Kier alpha value is -3.22. The van der Waals surface area contributed by atoms with Crippen LogP contribution >= 0.6 is 11.6 Å². The van der Waals surface area contributed by atoms with E-state index in [4.69, 9.17) is 11.6 Å². The molecular weight excluding hydrogens is 458 g/mol. The van der Waals surface area contributed by atoms with Crippen LogP contribution < -0.4 is 10.2 Å². The van der Waals surface area contributed by atoms with Crippen LogP contribution in [0.5, 0.6) is 0 Å². The standard InChI is InChI=1S/C22H17ClF2N4O2S/c1-32(30,31)16-6-3-14(4-7-16)2-5-15-12-27-21-22(28-15)29(11-10-26-21)13-17-18(24)8-9-19(25)20(17)23/h3-4,6-9,12H,10-11,13H2,1H3,(H,26,27). The second-order valence-electron chi connectivity index (χ2n) is 7.14. The average molecular weight is 475 g/mol. The highest BCUT2D eigenvalue weighted by Gasteiger charge is 2.23. The molecule has 2 aromatic carbocycles. The van der Waals surface area contributed by atoms with Crippen LogP contribution in [0, 0.1) is 23.5 Å². The fourth-order valence-corrected chi connectivity index (χ4v) is 4.02. The fourth-order valence-electron chi connectivity index (χ4n) is 3.18. The number of rotatable bonds is 3. The maximum Gasteiger partial charge on any atom is 0.175 e. The lowest BCUT2D eigenvalue weighted by Crippen LogP contribution is -2.35. The highest BCUT2D eigenvalue weighted by atomic mass is 35.5. The van der Waals surface area contributed by atoms with E-state index >= 15 is 0 Å². The number of nitrogens with one attached hydrogen (secondary N) is 1. The van der Waals surface area contributed by atoms with E-state index in [0.717, 1.165) is 18.4 Å². The summed E-state index contributed by atoms with van der Waals surface area (Å²) in [7, 11) is -3.28. The number of sulfone groups is 1. The van der Waals surface area contributed by atoms with Gasteiger partial charge in [-0.05, 0) is 42.3 Å². The van der Waals surface area contributed by atoms with Crippen LogP contribution in [0.2, 0.25) is 5.02 Å². The first-order valence-electron chi connectivity index (χ1n) is 9.53. The SMILES string of the molecule is CS(=O)(=O)c1ccc(C#Cc2cnc3c(n2)N(Cc2c(F)ccc(F)c2Cl)CCN3)cc1. The van der Waals surface area contributed by atoms with E-state index in [9.17, 15) is 17.2 Å². The summed E-state index contributed by atoms with van der Waals surface area (Å²) in [6.45, 7) is 1.06. The summed E-state index contributed by atoms with van der Waals surface area (Å²) < 4.78 is 51.2. The topological polar surface area (TPSA) is 75.2 Å². The van der Waals surface area contributed by atoms with Gasteiger partial charge in [0, 0.05) is 37.0 Å². The van der Waals surface area contributed by atoms with Crippen molar-refractivity contribution in [2.45, 2.75) is 11.4 Å². The summed E-state index contributed by atoms with van der Waals surface area (Å²) >= 11 is 5.98. The van der Waals surface area contributed by atoms with Crippen molar-refractivity contribution in [3.05, 3.63) is 76.1 Å². The predicted octanol–water partition coefficient (Wildman–Crippen LogP) is 3.64. The van der Waals surface area contributed by atoms with Crippen molar-refractivity contribution in [2.24, 2.45) is 0 Å². The first-order valence-corrected chi connectivity index (χ1v) is 11.8. The Morgan fingerprint density at radius 1 is 1.12 bits per heavy atom. The molecule has 3 aromatic rings. The Morgan fingerprint density at radius 2 is 1.84 bits per heavy atom. The minimum atomic E-state index is -3.28. The maximum absolute atomic E-state index is 14.3. The monoisotopic (exact) mass is 474 g/mol. The van der Waals surface area contributed by atoms with Crippen LogP contribution in [0.3, 0.4) is 0 Å². The van der Waals surface area contributed by atoms with Gasteiger partial charge < -0.3 is 10.2 Å². The van der Waals surface area contributed by atoms with E-state index in [0.29, 0.717) is 36.0 Å². The van der Waals surface area contributed by atoms with Gasteiger partial charge >= 0.3 is 0 Å². The zero-order chi connectivity index (χ0) is 22.9. The van der Waals surface area contributed by atoms with E-state index in [-0.39, 0.29) is 22.0 Å². The molecule has 0 saturated carbocycles. The van der Waals surface area contributed by atoms with Gasteiger partial charge in [0.1, 0.15) is 17.3 Å². The lowest BCUT2D eigenvalue weighted by atomic mass is 10.1. The summed E-state index contributed by atoms with van der Waals surface area (Å²) in [5, 5.41) is 2.86. The van der Waals surface area contributed by atoms with Gasteiger partial charge in [0.15, 0.2) is 21.5 Å². The molecule has 0 fully saturated rings. The molecule has 0 atom stereocenters. The summed E-state index contributed by atoms with van der Waals surface area (Å²) in [4.78, 5) is 10.8. The second kappa shape index (κ2) is 8.73. The van der Waals surface area contributed by atoms with Crippen molar-refractivity contribution >= 4 is 33.1 Å². The van der Waals surface area contributed by atoms with Crippen LogP contribution in [-0.2, 0) is 16.4 Å². The van der Waals surface area contributed by atoms with Crippen LogP contribution in [-0.4, -0.2) is 37.7 Å². The Balaban J connectivity index is 1.62. The quantitative estimate of drug-likeness (QED) is 0.461. The molecule has 0 bridgehead atoms. The van der Waals surface area contributed by atoms with Gasteiger partial charge in [-0.15, -0.1) is 0 Å². The normalized spacial score (nSPS) is 13.1. The number of hydrogen-bond acceptors (Lipinski definition) is 6. The smallest absolute Gasteiger partial charge is 0.175 e. The average Bonchev–Trinajstić information content (AvgIpc) is 2.77. The summed E-state index contributed by atoms with van der Waals surface area (Å²) in [5.41, 5.74) is 1.03. The second-order valence-corrected chi connectivity index (χ2v) is 9.54. The molecule has 164 valence electrons. The van der Waals surface area contributed by atoms with Crippen LogP contribution in [0.15, 0.2) is 47.5 Å². The number of halogens is 3. The van der Waals surface area contributed by atoms with E-state index in [1.807, 2.05) is 0 Å². The summed E-state index contributed by atoms with van der Waals surface area (Å²) in [6, 6.07) is 8.22. The van der Waals surface area contributed by atoms with Crippen molar-refractivity contribution in [1.29, 1.82) is 0 Å². The molecule has 1 aromatic heterocycles. The van der Waals surface area contributed by atoms with E-state index in [1.54, 1.807) is 17.0 Å². The largest absolute Gasteiger partial charge is 0.365 e. The number of nitrogens with zero attached hydrogens (tertiary/aromatic N) is 3. The zero-order valence-electron chi connectivity index (χ0n) is 16.9. The molecule has 2 heterocycles. The van der Waals surface area contributed by atoms with Gasteiger partial charge in [-0.25, -0.2) is 27.2 Å². The molecule has 0 saturated heterocycles. The highest BCUT2D eigenvalue weighted by molar-refractivity contribution is 7.90. The van der Waals surface area contributed by atoms with Crippen molar-refractivity contribution < 1.29 is 17.2 Å². The molecule has 1 aliphatic heterocycles. The van der Waals surface area contributed by atoms with Gasteiger partial charge in [-0.3, -0.25) is 0 Å². The third-order valence-corrected chi connectivity index (χ3v) is 6.37. The van der Waals surface area contributed by atoms with Gasteiger partial charge in [0.2, 0.25) is 0 Å². The Kier molecular flexibility index (Phi) is 6.00. The Morgan fingerprint density at radius 3 is 2.56 bits per heavy atom. The first-order chi connectivity index (χ1) is 15.2. The lowest BCUT2D eigenvalue weighted by Gasteiger charge is -2.30. The summed E-state index contributed by atoms with van der Waals surface area (Å²) in [6.07, 6.45) is 2.64. The Bertz CT molecular complexity index is 1350. The van der Waals surface area contributed by atoms with Crippen molar-refractivity contribution in [3.8, 4) is 11.8 Å². The zero-order valence-corrected chi connectivity index (χ0v) is 18.4. The van der Waals surface area contributed by atoms with E-state index < -0.39 is 21.5 Å². The van der Waals surface area contributed by atoms with E-state index in [1.165, 1.54) is 18.3 Å². The van der Waals surface area contributed by atoms with Crippen LogP contribution in [0.25, 0.3) is 0 Å². The van der Waals surface area contributed by atoms with Crippen molar-refractivity contribution in [3.63, 3.8) is 0 Å². The lowest BCUT2D eigenvalue weighted by molar-refractivity contribution is 0.580. The summed E-state index contributed by atoms with van der Waals surface area (Å²) in [5.74, 6) is 5.49. The molecule has 32 heavy (non-hydrogen) atoms. The molecule has 0 spiro atoms. The van der Waals surface area contributed by atoms with Crippen molar-refractivity contribution in [2.75, 3.05) is 29.6 Å². The van der Waals surface area contributed by atoms with E-state index in [2.05, 4.69) is 27.1 Å². The number of anilines is 2. The molecule has 0 amide bonds. The number of benzene rings is 2. The molecule has 0 aliphatic carbocycles. The highest BCUT2D eigenvalue weighted by Crippen LogP contribution is 2.30. The molecule has 1 aliphatic rings. The minimum Gasteiger partial charge on any atom is -0.365 e. The predicted molar refractivity (Wildman–Crippen MR) is 118 cm³/mol. The van der Waals surface area contributed by atoms with Gasteiger partial charge in [0.05, 0.1) is 16.1 Å². The molecule has 0 unspecified atom stereocenters. The van der Waals surface area contributed by atoms with Gasteiger partial charge in [-0.2, -0.15) is 0 Å². The van der Waals surface area contributed by atoms with Crippen molar-refractivity contribution in [1.82, 2.24) is 9.97 Å². The number of fused-ring (bicyclic) bond motifs is 1. The number of aromatic nitrogens is 2. The fraction of sp³-hybridized carbons (Fsp3) is 0.182. The first kappa shape index (κ1) is 22.0. The van der Waals surface area contributed by atoms with Gasteiger partial charge in [0.25, 0.3) is 0 Å². The van der Waals surface area contributed by atoms with Crippen LogP contribution in [0.1, 0.15) is 16.8 Å². The maximum atomic E-state index is 14.3.